The molecule has 0 aliphatic carbocycles. The minimum atomic E-state index is 0.341. The second kappa shape index (κ2) is 7.53. The number of nitrogens with zero attached hydrogens (tertiary/aromatic N) is 2. The fourth-order valence-electron chi connectivity index (χ4n) is 3.07. The first-order valence-corrected chi connectivity index (χ1v) is 8.78. The SMILES string of the molecule is CCN(CC)Cc1cc(Nc2ccnc3c(C)cccc23)ccc1O. The molecule has 2 N–H and O–H groups in total. The monoisotopic (exact) mass is 335 g/mol. The molecule has 130 valence electrons. The molecule has 0 fully saturated rings. The molecule has 0 spiro atoms. The molecule has 25 heavy (non-hydrogen) atoms. The quantitative estimate of drug-likeness (QED) is 0.633. The third-order valence-electron chi connectivity index (χ3n) is 4.62. The van der Waals surface area contributed by atoms with Gasteiger partial charge in [-0.2, -0.15) is 0 Å². The van der Waals surface area contributed by atoms with Crippen molar-refractivity contribution in [2.24, 2.45) is 0 Å². The third kappa shape index (κ3) is 3.74. The predicted octanol–water partition coefficient (Wildman–Crippen LogP) is 4.83. The molecule has 3 rings (SSSR count). The molecule has 4 heteroatoms. The van der Waals surface area contributed by atoms with Gasteiger partial charge in [-0.15, -0.1) is 0 Å². The van der Waals surface area contributed by atoms with Crippen molar-refractivity contribution >= 4 is 22.3 Å². The fourth-order valence-corrected chi connectivity index (χ4v) is 3.07. The number of para-hydroxylation sites is 1. The summed E-state index contributed by atoms with van der Waals surface area (Å²) in [6.45, 7) is 9.00. The summed E-state index contributed by atoms with van der Waals surface area (Å²) in [5, 5.41) is 14.8. The normalized spacial score (nSPS) is 11.2. The van der Waals surface area contributed by atoms with Gasteiger partial charge in [-0.1, -0.05) is 32.0 Å². The minimum Gasteiger partial charge on any atom is -0.508 e. The lowest BCUT2D eigenvalue weighted by Crippen LogP contribution is -2.22. The number of aryl methyl sites for hydroxylation is 1. The lowest BCUT2D eigenvalue weighted by Gasteiger charge is -2.19. The number of rotatable bonds is 6. The number of aromatic hydroxyl groups is 1. The number of hydrogen-bond acceptors (Lipinski definition) is 4. The van der Waals surface area contributed by atoms with Crippen LogP contribution in [0, 0.1) is 6.92 Å². The molecule has 0 saturated carbocycles. The molecular formula is C21H25N3O. The lowest BCUT2D eigenvalue weighted by molar-refractivity contribution is 0.291. The van der Waals surface area contributed by atoms with Gasteiger partial charge in [-0.3, -0.25) is 9.88 Å². The van der Waals surface area contributed by atoms with Gasteiger partial charge >= 0.3 is 0 Å². The second-order valence-electron chi connectivity index (χ2n) is 6.26. The molecule has 1 heterocycles. The van der Waals surface area contributed by atoms with Gasteiger partial charge in [-0.25, -0.2) is 0 Å². The zero-order chi connectivity index (χ0) is 17.8. The van der Waals surface area contributed by atoms with Gasteiger partial charge in [0.25, 0.3) is 0 Å². The molecule has 1 aromatic heterocycles. The molecule has 0 unspecified atom stereocenters. The number of pyridine rings is 1. The van der Waals surface area contributed by atoms with E-state index in [0.29, 0.717) is 5.75 Å². The Balaban J connectivity index is 1.92. The number of phenols is 1. The number of nitrogens with one attached hydrogen (secondary N) is 1. The molecule has 4 nitrogen and oxygen atoms in total. The number of fused-ring (bicyclic) bond motifs is 1. The van der Waals surface area contributed by atoms with Crippen LogP contribution in [0.5, 0.6) is 5.75 Å². The van der Waals surface area contributed by atoms with E-state index in [1.165, 1.54) is 0 Å². The van der Waals surface area contributed by atoms with Gasteiger partial charge in [0.15, 0.2) is 0 Å². The first-order chi connectivity index (χ1) is 12.1. The number of aromatic nitrogens is 1. The van der Waals surface area contributed by atoms with E-state index in [-0.39, 0.29) is 0 Å². The van der Waals surface area contributed by atoms with E-state index in [2.05, 4.69) is 48.1 Å². The highest BCUT2D eigenvalue weighted by atomic mass is 16.3. The van der Waals surface area contributed by atoms with Gasteiger partial charge in [0.05, 0.1) is 5.52 Å². The van der Waals surface area contributed by atoms with Crippen LogP contribution < -0.4 is 5.32 Å². The molecule has 2 aromatic carbocycles. The van der Waals surface area contributed by atoms with E-state index in [4.69, 9.17) is 0 Å². The smallest absolute Gasteiger partial charge is 0.120 e. The summed E-state index contributed by atoms with van der Waals surface area (Å²) < 4.78 is 0. The van der Waals surface area contributed by atoms with Gasteiger partial charge in [-0.05, 0) is 49.8 Å². The van der Waals surface area contributed by atoms with Crippen molar-refractivity contribution in [2.45, 2.75) is 27.3 Å². The van der Waals surface area contributed by atoms with E-state index >= 15 is 0 Å². The number of benzene rings is 2. The number of hydrogen-bond donors (Lipinski definition) is 2. The van der Waals surface area contributed by atoms with E-state index in [1.807, 2.05) is 30.5 Å². The summed E-state index contributed by atoms with van der Waals surface area (Å²) in [7, 11) is 0. The zero-order valence-corrected chi connectivity index (χ0v) is 15.1. The van der Waals surface area contributed by atoms with Crippen LogP contribution >= 0.6 is 0 Å². The average molecular weight is 335 g/mol. The van der Waals surface area contributed by atoms with Crippen LogP contribution in [0.15, 0.2) is 48.7 Å². The molecule has 0 saturated heterocycles. The van der Waals surface area contributed by atoms with Crippen LogP contribution in [0.2, 0.25) is 0 Å². The van der Waals surface area contributed by atoms with Crippen LogP contribution in [0.3, 0.4) is 0 Å². The highest BCUT2D eigenvalue weighted by molar-refractivity contribution is 5.94. The van der Waals surface area contributed by atoms with E-state index in [1.54, 1.807) is 6.07 Å². The highest BCUT2D eigenvalue weighted by Crippen LogP contribution is 2.29. The van der Waals surface area contributed by atoms with Crippen molar-refractivity contribution < 1.29 is 5.11 Å². The Morgan fingerprint density at radius 1 is 1.08 bits per heavy atom. The predicted molar refractivity (Wildman–Crippen MR) is 104 cm³/mol. The fraction of sp³-hybridized carbons (Fsp3) is 0.286. The van der Waals surface area contributed by atoms with E-state index < -0.39 is 0 Å². The summed E-state index contributed by atoms with van der Waals surface area (Å²) in [4.78, 5) is 6.77. The maximum atomic E-state index is 10.2. The Labute approximate surface area is 149 Å². The first-order valence-electron chi connectivity index (χ1n) is 8.78. The maximum absolute atomic E-state index is 10.2. The van der Waals surface area contributed by atoms with Crippen molar-refractivity contribution in [2.75, 3.05) is 18.4 Å². The Kier molecular flexibility index (Phi) is 5.19. The van der Waals surface area contributed by atoms with Gasteiger partial charge in [0, 0.05) is 35.1 Å². The third-order valence-corrected chi connectivity index (χ3v) is 4.62. The van der Waals surface area contributed by atoms with Gasteiger partial charge < -0.3 is 10.4 Å². The van der Waals surface area contributed by atoms with Crippen molar-refractivity contribution in [3.05, 3.63) is 59.8 Å². The average Bonchev–Trinajstić information content (AvgIpc) is 2.63. The Bertz CT molecular complexity index is 872. The van der Waals surface area contributed by atoms with Crippen molar-refractivity contribution in [3.8, 4) is 5.75 Å². The van der Waals surface area contributed by atoms with Crippen molar-refractivity contribution in [1.82, 2.24) is 9.88 Å². The Morgan fingerprint density at radius 2 is 1.88 bits per heavy atom. The first kappa shape index (κ1) is 17.2. The van der Waals surface area contributed by atoms with Crippen LogP contribution in [-0.4, -0.2) is 28.1 Å². The molecule has 0 bridgehead atoms. The van der Waals surface area contributed by atoms with Gasteiger partial charge in [0.1, 0.15) is 5.75 Å². The Morgan fingerprint density at radius 3 is 2.64 bits per heavy atom. The molecule has 0 aliphatic rings. The largest absolute Gasteiger partial charge is 0.508 e. The highest BCUT2D eigenvalue weighted by Gasteiger charge is 2.09. The minimum absolute atomic E-state index is 0.341. The number of anilines is 2. The molecule has 0 aliphatic heterocycles. The zero-order valence-electron chi connectivity index (χ0n) is 15.1. The summed E-state index contributed by atoms with van der Waals surface area (Å²) >= 11 is 0. The summed E-state index contributed by atoms with van der Waals surface area (Å²) in [6.07, 6.45) is 1.83. The Hall–Kier alpha value is -2.59. The van der Waals surface area contributed by atoms with Crippen LogP contribution in [-0.2, 0) is 6.54 Å². The van der Waals surface area contributed by atoms with Crippen molar-refractivity contribution in [3.63, 3.8) is 0 Å². The van der Waals surface area contributed by atoms with Crippen LogP contribution in [0.4, 0.5) is 11.4 Å². The van der Waals surface area contributed by atoms with E-state index in [0.717, 1.165) is 53.0 Å². The summed E-state index contributed by atoms with van der Waals surface area (Å²) in [5.41, 5.74) is 5.09. The molecule has 0 amide bonds. The van der Waals surface area contributed by atoms with Crippen LogP contribution in [0.25, 0.3) is 10.9 Å². The van der Waals surface area contributed by atoms with E-state index in [9.17, 15) is 5.11 Å². The second-order valence-corrected chi connectivity index (χ2v) is 6.26. The molecule has 0 radical (unpaired) electrons. The molecule has 3 aromatic rings. The molecular weight excluding hydrogens is 310 g/mol. The maximum Gasteiger partial charge on any atom is 0.120 e. The summed E-state index contributed by atoms with van der Waals surface area (Å²) in [6, 6.07) is 13.9. The summed E-state index contributed by atoms with van der Waals surface area (Å²) in [5.74, 6) is 0.341. The molecule has 0 atom stereocenters. The van der Waals surface area contributed by atoms with Crippen molar-refractivity contribution in [1.29, 1.82) is 0 Å². The standard InChI is InChI=1S/C21H25N3O/c1-4-24(5-2)14-16-13-17(9-10-20(16)25)23-19-11-12-22-21-15(3)7-6-8-18(19)21/h6-13,25H,4-5,14H2,1-3H3,(H,22,23). The van der Waals surface area contributed by atoms with Gasteiger partial charge in [0.2, 0.25) is 0 Å². The topological polar surface area (TPSA) is 48.4 Å². The lowest BCUT2D eigenvalue weighted by atomic mass is 10.1. The number of phenolic OH excluding ortho intramolecular Hbond substituents is 1. The van der Waals surface area contributed by atoms with Crippen LogP contribution in [0.1, 0.15) is 25.0 Å².